The number of benzene rings is 2. The van der Waals surface area contributed by atoms with E-state index in [2.05, 4.69) is 46.2 Å². The van der Waals surface area contributed by atoms with Crippen LogP contribution in [0.2, 0.25) is 5.02 Å². The second-order valence-corrected chi connectivity index (χ2v) is 6.85. The zero-order chi connectivity index (χ0) is 17.6. The molecule has 4 nitrogen and oxygen atoms in total. The highest BCUT2D eigenvalue weighted by Gasteiger charge is 2.24. The van der Waals surface area contributed by atoms with Crippen LogP contribution in [0.25, 0.3) is 0 Å². The van der Waals surface area contributed by atoms with Crippen molar-refractivity contribution in [1.82, 2.24) is 9.80 Å². The van der Waals surface area contributed by atoms with Crippen LogP contribution in [0.3, 0.4) is 0 Å². The summed E-state index contributed by atoms with van der Waals surface area (Å²) in [6.07, 6.45) is 0. The third-order valence-corrected chi connectivity index (χ3v) is 5.18. The first-order chi connectivity index (χ1) is 12.2. The summed E-state index contributed by atoms with van der Waals surface area (Å²) in [6, 6.07) is 16.8. The molecule has 1 fully saturated rings. The van der Waals surface area contributed by atoms with Crippen molar-refractivity contribution in [3.05, 3.63) is 64.7 Å². The maximum absolute atomic E-state index is 6.29. The van der Waals surface area contributed by atoms with Crippen molar-refractivity contribution < 1.29 is 4.74 Å². The van der Waals surface area contributed by atoms with E-state index in [0.29, 0.717) is 17.3 Å². The lowest BCUT2D eigenvalue weighted by atomic mass is 10.0. The standard InChI is InChI=1S/C20H26ClN3O/c1-25-20-8-7-17(13-18(20)21)19(14-22)24-11-9-23(10-12-24)15-16-5-3-2-4-6-16/h2-8,13,19H,9-12,14-15,22H2,1H3. The fourth-order valence-corrected chi connectivity index (χ4v) is 3.73. The molecule has 2 aromatic rings. The Morgan fingerprint density at radius 1 is 1.08 bits per heavy atom. The average molecular weight is 360 g/mol. The SMILES string of the molecule is COc1ccc(C(CN)N2CCN(Cc3ccccc3)CC2)cc1Cl. The maximum atomic E-state index is 6.29. The summed E-state index contributed by atoms with van der Waals surface area (Å²) in [7, 11) is 1.63. The molecule has 2 N–H and O–H groups in total. The molecule has 0 aliphatic carbocycles. The first-order valence-corrected chi connectivity index (χ1v) is 9.13. The molecule has 0 bridgehead atoms. The number of nitrogens with two attached hydrogens (primary N) is 1. The topological polar surface area (TPSA) is 41.7 Å². The van der Waals surface area contributed by atoms with Crippen molar-refractivity contribution in [2.24, 2.45) is 5.73 Å². The van der Waals surface area contributed by atoms with E-state index in [0.717, 1.165) is 38.3 Å². The third kappa shape index (κ3) is 4.53. The summed E-state index contributed by atoms with van der Waals surface area (Å²) >= 11 is 6.29. The van der Waals surface area contributed by atoms with Crippen LogP contribution >= 0.6 is 11.6 Å². The van der Waals surface area contributed by atoms with E-state index in [-0.39, 0.29) is 6.04 Å². The molecular weight excluding hydrogens is 334 g/mol. The normalized spacial score (nSPS) is 17.4. The first-order valence-electron chi connectivity index (χ1n) is 8.75. The molecule has 1 unspecified atom stereocenters. The molecule has 0 amide bonds. The van der Waals surface area contributed by atoms with Crippen LogP contribution in [0.1, 0.15) is 17.2 Å². The van der Waals surface area contributed by atoms with Gasteiger partial charge in [-0.2, -0.15) is 0 Å². The van der Waals surface area contributed by atoms with Gasteiger partial charge in [0.1, 0.15) is 5.75 Å². The lowest BCUT2D eigenvalue weighted by Gasteiger charge is -2.39. The Balaban J connectivity index is 1.61. The van der Waals surface area contributed by atoms with Gasteiger partial charge >= 0.3 is 0 Å². The molecule has 3 rings (SSSR count). The molecule has 0 spiro atoms. The number of halogens is 1. The van der Waals surface area contributed by atoms with Crippen LogP contribution in [0.15, 0.2) is 48.5 Å². The van der Waals surface area contributed by atoms with Crippen molar-refractivity contribution in [2.75, 3.05) is 39.8 Å². The van der Waals surface area contributed by atoms with E-state index in [1.807, 2.05) is 12.1 Å². The van der Waals surface area contributed by atoms with Gasteiger partial charge in [0, 0.05) is 45.3 Å². The van der Waals surface area contributed by atoms with Gasteiger partial charge in [0.05, 0.1) is 12.1 Å². The van der Waals surface area contributed by atoms with Gasteiger partial charge in [-0.05, 0) is 23.3 Å². The maximum Gasteiger partial charge on any atom is 0.137 e. The fourth-order valence-electron chi connectivity index (χ4n) is 3.46. The lowest BCUT2D eigenvalue weighted by Crippen LogP contribution is -2.48. The molecule has 25 heavy (non-hydrogen) atoms. The summed E-state index contributed by atoms with van der Waals surface area (Å²) in [5, 5.41) is 0.640. The molecule has 1 heterocycles. The number of hydrogen-bond acceptors (Lipinski definition) is 4. The minimum atomic E-state index is 0.197. The van der Waals surface area contributed by atoms with Gasteiger partial charge in [0.15, 0.2) is 0 Å². The van der Waals surface area contributed by atoms with E-state index in [1.54, 1.807) is 7.11 Å². The third-order valence-electron chi connectivity index (χ3n) is 4.88. The van der Waals surface area contributed by atoms with Crippen LogP contribution in [0, 0.1) is 0 Å². The van der Waals surface area contributed by atoms with Gasteiger partial charge in [0.2, 0.25) is 0 Å². The zero-order valence-electron chi connectivity index (χ0n) is 14.7. The van der Waals surface area contributed by atoms with E-state index in [4.69, 9.17) is 22.1 Å². The summed E-state index contributed by atoms with van der Waals surface area (Å²) < 4.78 is 5.25. The molecule has 1 aliphatic rings. The Bertz CT molecular complexity index is 672. The lowest BCUT2D eigenvalue weighted by molar-refractivity contribution is 0.0941. The van der Waals surface area contributed by atoms with Gasteiger partial charge in [0.25, 0.3) is 0 Å². The highest BCUT2D eigenvalue weighted by atomic mass is 35.5. The second kappa shape index (κ2) is 8.68. The minimum Gasteiger partial charge on any atom is -0.495 e. The van der Waals surface area contributed by atoms with Crippen molar-refractivity contribution in [1.29, 1.82) is 0 Å². The van der Waals surface area contributed by atoms with Crippen LogP contribution in [-0.2, 0) is 6.54 Å². The van der Waals surface area contributed by atoms with E-state index in [1.165, 1.54) is 5.56 Å². The minimum absolute atomic E-state index is 0.197. The number of ether oxygens (including phenoxy) is 1. The van der Waals surface area contributed by atoms with Crippen LogP contribution in [-0.4, -0.2) is 49.6 Å². The number of nitrogens with zero attached hydrogens (tertiary/aromatic N) is 2. The van der Waals surface area contributed by atoms with E-state index < -0.39 is 0 Å². The summed E-state index contributed by atoms with van der Waals surface area (Å²) in [6.45, 7) is 5.72. The van der Waals surface area contributed by atoms with Gasteiger partial charge in [-0.3, -0.25) is 9.80 Å². The Morgan fingerprint density at radius 3 is 2.40 bits per heavy atom. The van der Waals surface area contributed by atoms with Crippen LogP contribution in [0.5, 0.6) is 5.75 Å². The van der Waals surface area contributed by atoms with E-state index >= 15 is 0 Å². The van der Waals surface area contributed by atoms with Gasteiger partial charge in [-0.15, -0.1) is 0 Å². The summed E-state index contributed by atoms with van der Waals surface area (Å²) in [5.41, 5.74) is 8.61. The molecular formula is C20H26ClN3O. The Hall–Kier alpha value is -1.59. The predicted molar refractivity (Wildman–Crippen MR) is 103 cm³/mol. The van der Waals surface area contributed by atoms with Crippen molar-refractivity contribution in [3.63, 3.8) is 0 Å². The van der Waals surface area contributed by atoms with Crippen molar-refractivity contribution in [3.8, 4) is 5.75 Å². The van der Waals surface area contributed by atoms with Crippen molar-refractivity contribution in [2.45, 2.75) is 12.6 Å². The Morgan fingerprint density at radius 2 is 1.80 bits per heavy atom. The molecule has 1 atom stereocenters. The molecule has 2 aromatic carbocycles. The highest BCUT2D eigenvalue weighted by Crippen LogP contribution is 2.30. The first kappa shape index (κ1) is 18.2. The smallest absolute Gasteiger partial charge is 0.137 e. The summed E-state index contributed by atoms with van der Waals surface area (Å²) in [5.74, 6) is 0.703. The van der Waals surface area contributed by atoms with Gasteiger partial charge in [-0.25, -0.2) is 0 Å². The summed E-state index contributed by atoms with van der Waals surface area (Å²) in [4.78, 5) is 4.96. The van der Waals surface area contributed by atoms with Crippen LogP contribution in [0.4, 0.5) is 0 Å². The molecule has 1 saturated heterocycles. The predicted octanol–water partition coefficient (Wildman–Crippen LogP) is 3.17. The van der Waals surface area contributed by atoms with E-state index in [9.17, 15) is 0 Å². The number of piperazine rings is 1. The van der Waals surface area contributed by atoms with Gasteiger partial charge in [-0.1, -0.05) is 48.0 Å². The number of rotatable bonds is 6. The van der Waals surface area contributed by atoms with Gasteiger partial charge < -0.3 is 10.5 Å². The quantitative estimate of drug-likeness (QED) is 0.860. The average Bonchev–Trinajstić information content (AvgIpc) is 2.65. The molecule has 0 aromatic heterocycles. The highest BCUT2D eigenvalue weighted by molar-refractivity contribution is 6.32. The molecule has 0 saturated carbocycles. The van der Waals surface area contributed by atoms with Crippen LogP contribution < -0.4 is 10.5 Å². The number of methoxy groups -OCH3 is 1. The monoisotopic (exact) mass is 359 g/mol. The zero-order valence-corrected chi connectivity index (χ0v) is 15.5. The molecule has 1 aliphatic heterocycles. The molecule has 134 valence electrons. The Kier molecular flexibility index (Phi) is 6.32. The molecule has 5 heteroatoms. The fraction of sp³-hybridized carbons (Fsp3) is 0.400. The molecule has 0 radical (unpaired) electrons. The largest absolute Gasteiger partial charge is 0.495 e. The number of hydrogen-bond donors (Lipinski definition) is 1. The second-order valence-electron chi connectivity index (χ2n) is 6.44. The van der Waals surface area contributed by atoms with Crippen molar-refractivity contribution >= 4 is 11.6 Å². The Labute approximate surface area is 155 Å².